The number of likely N-dealkylation sites (N-methyl/N-ethyl adjacent to an activating group) is 1. The zero-order valence-corrected chi connectivity index (χ0v) is 27.2. The van der Waals surface area contributed by atoms with Gasteiger partial charge in [-0.15, -0.1) is 0 Å². The minimum absolute atomic E-state index is 0.0794. The Hall–Kier alpha value is -3.95. The summed E-state index contributed by atoms with van der Waals surface area (Å²) in [7, 11) is -2.61. The van der Waals surface area contributed by atoms with Crippen molar-refractivity contribution >= 4 is 43.5 Å². The van der Waals surface area contributed by atoms with E-state index in [-0.39, 0.29) is 23.8 Å². The van der Waals surface area contributed by atoms with Crippen molar-refractivity contribution in [1.82, 2.24) is 10.2 Å². The second-order valence-corrected chi connectivity index (χ2v) is 13.4. The predicted molar refractivity (Wildman–Crippen MR) is 174 cm³/mol. The van der Waals surface area contributed by atoms with Gasteiger partial charge in [-0.1, -0.05) is 82.2 Å². The summed E-state index contributed by atoms with van der Waals surface area (Å²) >= 11 is 3.49. The number of amides is 2. The van der Waals surface area contributed by atoms with Crippen molar-refractivity contribution < 1.29 is 18.0 Å². The summed E-state index contributed by atoms with van der Waals surface area (Å²) in [5.74, 6) is -0.842. The van der Waals surface area contributed by atoms with Gasteiger partial charge in [0.15, 0.2) is 0 Å². The maximum absolute atomic E-state index is 14.4. The van der Waals surface area contributed by atoms with E-state index < -0.39 is 28.5 Å². The monoisotopic (exact) mass is 661 g/mol. The fraction of sp³-hybridized carbons (Fsp3) is 0.235. The van der Waals surface area contributed by atoms with Gasteiger partial charge < -0.3 is 10.2 Å². The van der Waals surface area contributed by atoms with Gasteiger partial charge in [0.25, 0.3) is 10.0 Å². The smallest absolute Gasteiger partial charge is 0.264 e. The number of hydrogen-bond donors (Lipinski definition) is 1. The van der Waals surface area contributed by atoms with Gasteiger partial charge in [-0.25, -0.2) is 8.42 Å². The number of hydrogen-bond acceptors (Lipinski definition) is 4. The van der Waals surface area contributed by atoms with Crippen LogP contribution in [0.1, 0.15) is 27.8 Å². The van der Waals surface area contributed by atoms with Crippen LogP contribution in [0.4, 0.5) is 5.69 Å². The molecule has 4 aromatic rings. The molecular formula is C34H36BrN3O4S. The van der Waals surface area contributed by atoms with Crippen molar-refractivity contribution in [1.29, 1.82) is 0 Å². The molecule has 0 aromatic heterocycles. The third-order valence-corrected chi connectivity index (χ3v) is 9.42. The summed E-state index contributed by atoms with van der Waals surface area (Å²) in [5.41, 5.74) is 4.70. The summed E-state index contributed by atoms with van der Waals surface area (Å²) in [6.45, 7) is 5.27. The normalized spacial score (nSPS) is 11.9. The van der Waals surface area contributed by atoms with Gasteiger partial charge in [-0.05, 0) is 79.4 Å². The molecule has 2 amide bonds. The average Bonchev–Trinajstić information content (AvgIpc) is 2.97. The first-order valence-electron chi connectivity index (χ1n) is 13.9. The number of nitrogens with zero attached hydrogens (tertiary/aromatic N) is 2. The first-order valence-corrected chi connectivity index (χ1v) is 16.2. The lowest BCUT2D eigenvalue weighted by atomic mass is 10.0. The number of anilines is 1. The highest BCUT2D eigenvalue weighted by Gasteiger charge is 2.34. The van der Waals surface area contributed by atoms with Crippen LogP contribution in [-0.2, 0) is 32.6 Å². The number of sulfonamides is 1. The van der Waals surface area contributed by atoms with Gasteiger partial charge in [0.1, 0.15) is 12.6 Å². The zero-order chi connectivity index (χ0) is 31.1. The molecule has 1 unspecified atom stereocenters. The molecule has 9 heteroatoms. The SMILES string of the molecule is CNC(=O)C(Cc1ccccc1)N(Cc1cccc(Br)c1)C(=O)CN(c1cc(C)cc(C)c1)S(=O)(=O)c1ccc(C)cc1. The maximum Gasteiger partial charge on any atom is 0.264 e. The van der Waals surface area contributed by atoms with Gasteiger partial charge in [0.2, 0.25) is 11.8 Å². The van der Waals surface area contributed by atoms with E-state index >= 15 is 0 Å². The Morgan fingerprint density at radius 3 is 2.02 bits per heavy atom. The van der Waals surface area contributed by atoms with Crippen molar-refractivity contribution in [3.63, 3.8) is 0 Å². The van der Waals surface area contributed by atoms with Crippen LogP contribution in [0.25, 0.3) is 0 Å². The number of aryl methyl sites for hydroxylation is 3. The highest BCUT2D eigenvalue weighted by molar-refractivity contribution is 9.10. The maximum atomic E-state index is 14.4. The van der Waals surface area contributed by atoms with E-state index in [0.29, 0.717) is 5.69 Å². The highest BCUT2D eigenvalue weighted by Crippen LogP contribution is 2.27. The Morgan fingerprint density at radius 2 is 1.42 bits per heavy atom. The lowest BCUT2D eigenvalue weighted by Gasteiger charge is -2.33. The first kappa shape index (κ1) is 32.0. The molecule has 0 fully saturated rings. The number of nitrogens with one attached hydrogen (secondary N) is 1. The second-order valence-electron chi connectivity index (χ2n) is 10.6. The molecule has 43 heavy (non-hydrogen) atoms. The number of benzene rings is 4. The molecule has 1 N–H and O–H groups in total. The summed E-state index contributed by atoms with van der Waals surface area (Å²) in [5, 5.41) is 2.71. The molecule has 0 saturated carbocycles. The topological polar surface area (TPSA) is 86.8 Å². The summed E-state index contributed by atoms with van der Waals surface area (Å²) < 4.78 is 30.3. The molecule has 0 aliphatic carbocycles. The van der Waals surface area contributed by atoms with Crippen LogP contribution in [0.2, 0.25) is 0 Å². The average molecular weight is 663 g/mol. The minimum Gasteiger partial charge on any atom is -0.357 e. The summed E-state index contributed by atoms with van der Waals surface area (Å²) in [6, 6.07) is 28.1. The molecule has 4 aromatic carbocycles. The zero-order valence-electron chi connectivity index (χ0n) is 24.7. The Kier molecular flexibility index (Phi) is 10.4. The van der Waals surface area contributed by atoms with Crippen LogP contribution in [0, 0.1) is 20.8 Å². The Balaban J connectivity index is 1.81. The van der Waals surface area contributed by atoms with Crippen LogP contribution in [0.15, 0.2) is 106 Å². The summed E-state index contributed by atoms with van der Waals surface area (Å²) in [4.78, 5) is 29.3. The van der Waals surface area contributed by atoms with Crippen LogP contribution >= 0.6 is 15.9 Å². The minimum atomic E-state index is -4.15. The fourth-order valence-electron chi connectivity index (χ4n) is 5.01. The molecule has 0 aliphatic heterocycles. The van der Waals surface area contributed by atoms with Crippen molar-refractivity contribution in [3.8, 4) is 0 Å². The third-order valence-electron chi connectivity index (χ3n) is 7.14. The molecule has 0 heterocycles. The van der Waals surface area contributed by atoms with Gasteiger partial charge in [0, 0.05) is 24.5 Å². The lowest BCUT2D eigenvalue weighted by molar-refractivity contribution is -0.139. The molecule has 4 rings (SSSR count). The molecule has 7 nitrogen and oxygen atoms in total. The molecule has 0 bridgehead atoms. The number of halogens is 1. The van der Waals surface area contributed by atoms with Gasteiger partial charge >= 0.3 is 0 Å². The van der Waals surface area contributed by atoms with E-state index in [4.69, 9.17) is 0 Å². The Morgan fingerprint density at radius 1 is 0.791 bits per heavy atom. The largest absolute Gasteiger partial charge is 0.357 e. The molecule has 0 spiro atoms. The Labute approximate surface area is 262 Å². The molecular weight excluding hydrogens is 626 g/mol. The third kappa shape index (κ3) is 8.12. The summed E-state index contributed by atoms with van der Waals surface area (Å²) in [6.07, 6.45) is 0.258. The van der Waals surface area contributed by atoms with Gasteiger partial charge in [0.05, 0.1) is 10.6 Å². The van der Waals surface area contributed by atoms with Crippen molar-refractivity contribution in [2.75, 3.05) is 17.9 Å². The van der Waals surface area contributed by atoms with Gasteiger partial charge in [-0.2, -0.15) is 0 Å². The molecule has 0 radical (unpaired) electrons. The number of carbonyl (C=O) groups excluding carboxylic acids is 2. The van der Waals surface area contributed by atoms with Crippen molar-refractivity contribution in [3.05, 3.63) is 129 Å². The predicted octanol–water partition coefficient (Wildman–Crippen LogP) is 5.96. The van der Waals surface area contributed by atoms with E-state index in [1.807, 2.05) is 81.4 Å². The fourth-order valence-corrected chi connectivity index (χ4v) is 6.86. The second kappa shape index (κ2) is 14.0. The van der Waals surface area contributed by atoms with E-state index in [9.17, 15) is 18.0 Å². The van der Waals surface area contributed by atoms with E-state index in [1.54, 1.807) is 36.4 Å². The number of rotatable bonds is 11. The van der Waals surface area contributed by atoms with Crippen LogP contribution < -0.4 is 9.62 Å². The van der Waals surface area contributed by atoms with E-state index in [0.717, 1.165) is 36.6 Å². The number of carbonyl (C=O) groups is 2. The highest BCUT2D eigenvalue weighted by atomic mass is 79.9. The first-order chi connectivity index (χ1) is 20.5. The van der Waals surface area contributed by atoms with Crippen LogP contribution in [0.5, 0.6) is 0 Å². The Bertz CT molecular complexity index is 1670. The molecule has 224 valence electrons. The molecule has 0 saturated heterocycles. The lowest BCUT2D eigenvalue weighted by Crippen LogP contribution is -2.53. The van der Waals surface area contributed by atoms with E-state index in [2.05, 4.69) is 21.2 Å². The standard InChI is InChI=1S/C34H36BrN3O4S/c1-24-13-15-31(16-14-24)43(41,42)38(30-18-25(2)17-26(3)19-30)23-33(39)37(22-28-11-8-12-29(35)20-28)32(34(40)36-4)21-27-9-6-5-7-10-27/h5-20,32H,21-23H2,1-4H3,(H,36,40). The van der Waals surface area contributed by atoms with Crippen molar-refractivity contribution in [2.45, 2.75) is 44.7 Å². The molecule has 0 aliphatic rings. The van der Waals surface area contributed by atoms with Crippen molar-refractivity contribution in [2.24, 2.45) is 0 Å². The molecule has 1 atom stereocenters. The van der Waals surface area contributed by atoms with Crippen LogP contribution in [0.3, 0.4) is 0 Å². The van der Waals surface area contributed by atoms with E-state index in [1.165, 1.54) is 11.9 Å². The van der Waals surface area contributed by atoms with Gasteiger partial charge in [-0.3, -0.25) is 13.9 Å². The quantitative estimate of drug-likeness (QED) is 0.215. The van der Waals surface area contributed by atoms with Crippen LogP contribution in [-0.4, -0.2) is 44.8 Å².